The molecular formula is C22H22ClNO5. The molecule has 1 heterocycles. The Hall–Kier alpha value is -2.83. The van der Waals surface area contributed by atoms with E-state index >= 15 is 0 Å². The van der Waals surface area contributed by atoms with Crippen LogP contribution in [0.3, 0.4) is 0 Å². The molecular weight excluding hydrogens is 394 g/mol. The van der Waals surface area contributed by atoms with E-state index in [-0.39, 0.29) is 24.5 Å². The summed E-state index contributed by atoms with van der Waals surface area (Å²) in [6.07, 6.45) is 0. The van der Waals surface area contributed by atoms with Gasteiger partial charge in [-0.15, -0.1) is 0 Å². The van der Waals surface area contributed by atoms with E-state index < -0.39 is 17.7 Å². The van der Waals surface area contributed by atoms with Crippen LogP contribution in [0.15, 0.2) is 54.1 Å². The molecule has 0 bridgehead atoms. The van der Waals surface area contributed by atoms with Gasteiger partial charge in [0.2, 0.25) is 0 Å². The zero-order valence-corrected chi connectivity index (χ0v) is 17.0. The lowest BCUT2D eigenvalue weighted by Gasteiger charge is -2.25. The second-order valence-electron chi connectivity index (χ2n) is 6.50. The van der Waals surface area contributed by atoms with Crippen molar-refractivity contribution < 1.29 is 24.2 Å². The lowest BCUT2D eigenvalue weighted by Crippen LogP contribution is -2.32. The number of aliphatic hydroxyl groups is 1. The van der Waals surface area contributed by atoms with Crippen LogP contribution in [0.25, 0.3) is 5.76 Å². The number of carbonyl (C=O) groups excluding carboxylic acids is 2. The number of ether oxygens (including phenoxy) is 2. The third kappa shape index (κ3) is 4.28. The van der Waals surface area contributed by atoms with Crippen molar-refractivity contribution in [1.29, 1.82) is 0 Å². The minimum atomic E-state index is -0.754. The first-order valence-electron chi connectivity index (χ1n) is 9.24. The molecule has 2 aromatic carbocycles. The van der Waals surface area contributed by atoms with Crippen LogP contribution in [0.4, 0.5) is 0 Å². The number of carbonyl (C=O) groups is 2. The van der Waals surface area contributed by atoms with E-state index in [0.29, 0.717) is 28.5 Å². The predicted octanol–water partition coefficient (Wildman–Crippen LogP) is 3.81. The molecule has 1 N–H and O–H groups in total. The molecule has 7 heteroatoms. The maximum atomic E-state index is 12.8. The van der Waals surface area contributed by atoms with Gasteiger partial charge >= 0.3 is 0 Å². The van der Waals surface area contributed by atoms with E-state index in [1.807, 2.05) is 6.92 Å². The number of halogens is 1. The number of likely N-dealkylation sites (tertiary alicyclic amines) is 1. The van der Waals surface area contributed by atoms with Crippen LogP contribution < -0.4 is 4.74 Å². The lowest BCUT2D eigenvalue weighted by atomic mass is 9.95. The van der Waals surface area contributed by atoms with Crippen molar-refractivity contribution in [3.8, 4) is 5.75 Å². The minimum Gasteiger partial charge on any atom is -0.507 e. The molecule has 3 rings (SSSR count). The zero-order valence-electron chi connectivity index (χ0n) is 16.2. The fourth-order valence-electron chi connectivity index (χ4n) is 3.35. The third-order valence-electron chi connectivity index (χ3n) is 4.68. The normalized spacial score (nSPS) is 18.3. The summed E-state index contributed by atoms with van der Waals surface area (Å²) in [6.45, 7) is 2.86. The van der Waals surface area contributed by atoms with Gasteiger partial charge in [0.1, 0.15) is 11.5 Å². The number of hydrogen-bond acceptors (Lipinski definition) is 5. The van der Waals surface area contributed by atoms with E-state index in [1.165, 1.54) is 12.0 Å². The van der Waals surface area contributed by atoms with Crippen molar-refractivity contribution in [1.82, 2.24) is 4.90 Å². The molecule has 6 nitrogen and oxygen atoms in total. The van der Waals surface area contributed by atoms with Crippen molar-refractivity contribution in [2.24, 2.45) is 0 Å². The average Bonchev–Trinajstić information content (AvgIpc) is 2.97. The molecule has 0 unspecified atom stereocenters. The Labute approximate surface area is 174 Å². The summed E-state index contributed by atoms with van der Waals surface area (Å²) in [7, 11) is 1.52. The Morgan fingerprint density at radius 1 is 1.17 bits per heavy atom. The van der Waals surface area contributed by atoms with Crippen LogP contribution >= 0.6 is 11.6 Å². The first kappa shape index (κ1) is 20.9. The lowest BCUT2D eigenvalue weighted by molar-refractivity contribution is -0.140. The van der Waals surface area contributed by atoms with E-state index in [0.717, 1.165) is 0 Å². The Morgan fingerprint density at radius 2 is 1.90 bits per heavy atom. The highest BCUT2D eigenvalue weighted by atomic mass is 35.5. The second-order valence-corrected chi connectivity index (χ2v) is 6.93. The molecule has 152 valence electrons. The monoisotopic (exact) mass is 415 g/mol. The summed E-state index contributed by atoms with van der Waals surface area (Å²) >= 11 is 6.13. The van der Waals surface area contributed by atoms with Crippen molar-refractivity contribution in [3.05, 3.63) is 70.3 Å². The number of amides is 1. The molecule has 0 aromatic heterocycles. The SMILES string of the molecule is CCOc1ccc(C(O)=C2C(=O)C(=O)N(CCOC)[C@@H]2c2cccc(Cl)c2)cc1. The summed E-state index contributed by atoms with van der Waals surface area (Å²) in [5.41, 5.74) is 1.09. The van der Waals surface area contributed by atoms with Crippen LogP contribution in [0.5, 0.6) is 5.75 Å². The van der Waals surface area contributed by atoms with Gasteiger partial charge in [0.15, 0.2) is 0 Å². The molecule has 0 aliphatic carbocycles. The first-order valence-corrected chi connectivity index (χ1v) is 9.61. The van der Waals surface area contributed by atoms with Crippen LogP contribution in [-0.4, -0.2) is 48.6 Å². The van der Waals surface area contributed by atoms with Crippen molar-refractivity contribution >= 4 is 29.1 Å². The maximum absolute atomic E-state index is 12.8. The van der Waals surface area contributed by atoms with Crippen LogP contribution in [-0.2, 0) is 14.3 Å². The van der Waals surface area contributed by atoms with Gasteiger partial charge in [0.05, 0.1) is 24.8 Å². The van der Waals surface area contributed by atoms with Crippen molar-refractivity contribution in [2.45, 2.75) is 13.0 Å². The summed E-state index contributed by atoms with van der Waals surface area (Å²) in [5, 5.41) is 11.4. The molecule has 1 fully saturated rings. The number of nitrogens with zero attached hydrogens (tertiary/aromatic N) is 1. The molecule has 1 atom stereocenters. The average molecular weight is 416 g/mol. The highest BCUT2D eigenvalue weighted by Crippen LogP contribution is 2.39. The summed E-state index contributed by atoms with van der Waals surface area (Å²) in [4.78, 5) is 26.9. The van der Waals surface area contributed by atoms with Gasteiger partial charge in [-0.2, -0.15) is 0 Å². The summed E-state index contributed by atoms with van der Waals surface area (Å²) in [5.74, 6) is -1.01. The number of hydrogen-bond donors (Lipinski definition) is 1. The van der Waals surface area contributed by atoms with Gasteiger partial charge < -0.3 is 19.5 Å². The molecule has 1 aliphatic heterocycles. The van der Waals surface area contributed by atoms with E-state index in [1.54, 1.807) is 48.5 Å². The molecule has 29 heavy (non-hydrogen) atoms. The van der Waals surface area contributed by atoms with Crippen molar-refractivity contribution in [2.75, 3.05) is 26.9 Å². The molecule has 2 aromatic rings. The highest BCUT2D eigenvalue weighted by Gasteiger charge is 2.45. The second kappa shape index (κ2) is 9.11. The Kier molecular flexibility index (Phi) is 6.56. The van der Waals surface area contributed by atoms with Crippen molar-refractivity contribution in [3.63, 3.8) is 0 Å². The molecule has 0 spiro atoms. The molecule has 0 saturated carbocycles. The molecule has 1 aliphatic rings. The molecule has 1 saturated heterocycles. The number of rotatable bonds is 7. The highest BCUT2D eigenvalue weighted by molar-refractivity contribution is 6.46. The number of ketones is 1. The van der Waals surface area contributed by atoms with E-state index in [2.05, 4.69) is 0 Å². The topological polar surface area (TPSA) is 76.1 Å². The molecule has 1 amide bonds. The number of aliphatic hydroxyl groups excluding tert-OH is 1. The minimum absolute atomic E-state index is 0.0255. The van der Waals surface area contributed by atoms with Gasteiger partial charge in [-0.3, -0.25) is 9.59 Å². The van der Waals surface area contributed by atoms with Crippen LogP contribution in [0.1, 0.15) is 24.1 Å². The Bertz CT molecular complexity index is 938. The van der Waals surface area contributed by atoms with Gasteiger partial charge in [0.25, 0.3) is 11.7 Å². The van der Waals surface area contributed by atoms with Gasteiger partial charge in [-0.05, 0) is 48.9 Å². The predicted molar refractivity (Wildman–Crippen MR) is 110 cm³/mol. The largest absolute Gasteiger partial charge is 0.507 e. The summed E-state index contributed by atoms with van der Waals surface area (Å²) < 4.78 is 10.5. The van der Waals surface area contributed by atoms with Gasteiger partial charge in [-0.25, -0.2) is 0 Å². The first-order chi connectivity index (χ1) is 14.0. The third-order valence-corrected chi connectivity index (χ3v) is 4.91. The fraction of sp³-hybridized carbons (Fsp3) is 0.273. The van der Waals surface area contributed by atoms with Gasteiger partial charge in [-0.1, -0.05) is 23.7 Å². The Morgan fingerprint density at radius 3 is 2.52 bits per heavy atom. The van der Waals surface area contributed by atoms with E-state index in [4.69, 9.17) is 21.1 Å². The number of benzene rings is 2. The number of methoxy groups -OCH3 is 1. The number of Topliss-reactive ketones (excluding diaryl/α,β-unsaturated/α-hetero) is 1. The zero-order chi connectivity index (χ0) is 21.0. The Balaban J connectivity index is 2.10. The van der Waals surface area contributed by atoms with Crippen LogP contribution in [0.2, 0.25) is 5.02 Å². The summed E-state index contributed by atoms with van der Waals surface area (Å²) in [6, 6.07) is 12.9. The van der Waals surface area contributed by atoms with E-state index in [9.17, 15) is 14.7 Å². The molecule has 0 radical (unpaired) electrons. The van der Waals surface area contributed by atoms with Gasteiger partial charge in [0, 0.05) is 24.2 Å². The fourth-order valence-corrected chi connectivity index (χ4v) is 3.55. The maximum Gasteiger partial charge on any atom is 0.295 e. The smallest absolute Gasteiger partial charge is 0.295 e. The van der Waals surface area contributed by atoms with Crippen LogP contribution in [0, 0.1) is 0 Å². The standard InChI is InChI=1S/C22H22ClNO5/c1-3-29-17-9-7-14(8-10-17)20(25)18-19(15-5-4-6-16(23)13-15)24(11-12-28-2)22(27)21(18)26/h4-10,13,19,25H,3,11-12H2,1-2H3/t19-/m1/s1. The quantitative estimate of drug-likeness (QED) is 0.423.